The van der Waals surface area contributed by atoms with Crippen LogP contribution in [0.4, 0.5) is 22.7 Å². The maximum Gasteiger partial charge on any atom is 0.135 e. The van der Waals surface area contributed by atoms with Crippen molar-refractivity contribution in [1.29, 1.82) is 0 Å². The third-order valence-electron chi connectivity index (χ3n) is 10.6. The monoisotopic (exact) mass is 836 g/mol. The zero-order valence-corrected chi connectivity index (χ0v) is 32.5. The summed E-state index contributed by atoms with van der Waals surface area (Å²) in [6, 6.07) is 66.0. The molecule has 7 aromatic carbocycles. The standard InChI is InChI=1S/C51H32N5O.Pd/c1-3-13-35(14-4-1)41-21-12-22-42(36-15-5-2-6-16-36)50(41)55-34-54(47-27-24-37-17-7-8-20-43(37)51(47)55)38-18-11-19-39(31-38)57-40-25-26-44-45-33-52-30-28-46(45)56(48(44)32-40)49-23-9-10-29-53-49;/h1-30,33-34H;/q-3;. The topological polar surface area (TPSA) is 46.4 Å². The van der Waals surface area contributed by atoms with Gasteiger partial charge in [-0.3, -0.25) is 4.98 Å². The Morgan fingerprint density at radius 2 is 1.24 bits per heavy atom. The number of pyridine rings is 2. The van der Waals surface area contributed by atoms with Gasteiger partial charge in [0.2, 0.25) is 0 Å². The van der Waals surface area contributed by atoms with Crippen LogP contribution >= 0.6 is 0 Å². The van der Waals surface area contributed by atoms with Crippen LogP contribution in [0.1, 0.15) is 0 Å². The van der Waals surface area contributed by atoms with Crippen molar-refractivity contribution >= 4 is 55.3 Å². The summed E-state index contributed by atoms with van der Waals surface area (Å²) in [5, 5.41) is 4.37. The molecule has 0 bridgehead atoms. The Morgan fingerprint density at radius 3 is 2.02 bits per heavy atom. The van der Waals surface area contributed by atoms with E-state index in [0.717, 1.165) is 78.0 Å². The van der Waals surface area contributed by atoms with Gasteiger partial charge in [0.15, 0.2) is 0 Å². The number of hydrogen-bond acceptors (Lipinski definition) is 5. The molecule has 0 aliphatic carbocycles. The first-order chi connectivity index (χ1) is 28.3. The number of para-hydroxylation sites is 1. The summed E-state index contributed by atoms with van der Waals surface area (Å²) in [6.45, 7) is 2.19. The maximum absolute atomic E-state index is 6.58. The molecule has 0 fully saturated rings. The minimum Gasteiger partial charge on any atom is -0.509 e. The number of aromatic nitrogens is 3. The van der Waals surface area contributed by atoms with Crippen LogP contribution in [0.2, 0.25) is 0 Å². The summed E-state index contributed by atoms with van der Waals surface area (Å²) in [6.07, 6.45) is 5.49. The molecule has 0 saturated heterocycles. The summed E-state index contributed by atoms with van der Waals surface area (Å²) >= 11 is 0. The third kappa shape index (κ3) is 6.00. The number of hydrogen-bond donors (Lipinski definition) is 0. The van der Waals surface area contributed by atoms with Gasteiger partial charge in [0, 0.05) is 89.6 Å². The molecule has 0 radical (unpaired) electrons. The molecule has 0 spiro atoms. The van der Waals surface area contributed by atoms with Gasteiger partial charge in [-0.1, -0.05) is 121 Å². The molecular weight excluding hydrogens is 805 g/mol. The van der Waals surface area contributed by atoms with Crippen molar-refractivity contribution in [3.63, 3.8) is 0 Å². The second-order valence-electron chi connectivity index (χ2n) is 13.9. The van der Waals surface area contributed by atoms with E-state index in [-0.39, 0.29) is 20.4 Å². The smallest absolute Gasteiger partial charge is 0.135 e. The molecule has 6 nitrogen and oxygen atoms in total. The first kappa shape index (κ1) is 35.4. The number of fused-ring (bicyclic) bond motifs is 6. The minimum atomic E-state index is 0. The third-order valence-corrected chi connectivity index (χ3v) is 10.6. The molecule has 4 heterocycles. The Morgan fingerprint density at radius 1 is 0.517 bits per heavy atom. The summed E-state index contributed by atoms with van der Waals surface area (Å²) < 4.78 is 8.69. The molecule has 0 atom stereocenters. The molecule has 58 heavy (non-hydrogen) atoms. The average molecular weight is 837 g/mol. The zero-order valence-electron chi connectivity index (χ0n) is 30.9. The Hall–Kier alpha value is -7.04. The van der Waals surface area contributed by atoms with Crippen molar-refractivity contribution in [1.82, 2.24) is 14.5 Å². The normalized spacial score (nSPS) is 12.2. The van der Waals surface area contributed by atoms with Crippen LogP contribution in [0.3, 0.4) is 0 Å². The van der Waals surface area contributed by atoms with E-state index in [0.29, 0.717) is 11.5 Å². The van der Waals surface area contributed by atoms with Crippen LogP contribution in [-0.4, -0.2) is 14.5 Å². The molecule has 7 heteroatoms. The molecule has 3 aromatic heterocycles. The van der Waals surface area contributed by atoms with E-state index in [4.69, 9.17) is 4.74 Å². The van der Waals surface area contributed by atoms with Crippen molar-refractivity contribution in [2.75, 3.05) is 9.80 Å². The van der Waals surface area contributed by atoms with E-state index < -0.39 is 0 Å². The van der Waals surface area contributed by atoms with Crippen LogP contribution in [0.25, 0.3) is 60.6 Å². The summed E-state index contributed by atoms with van der Waals surface area (Å²) in [5.41, 5.74) is 10.5. The molecule has 0 unspecified atom stereocenters. The Labute approximate surface area is 349 Å². The van der Waals surface area contributed by atoms with Gasteiger partial charge in [-0.05, 0) is 46.2 Å². The SMILES string of the molecule is [Pd].[c-]1c(Oc2[c-]c3c(cc2)c2cnccc2n3-c2ccccn2)cccc1N1[CH-]N(c2c(-c3ccccc3)cccc2-c2ccccc2)c2c1ccc1ccccc21. The first-order valence-corrected chi connectivity index (χ1v) is 18.9. The average Bonchev–Trinajstić information content (AvgIpc) is 3.83. The van der Waals surface area contributed by atoms with Crippen LogP contribution in [0.5, 0.6) is 11.5 Å². The van der Waals surface area contributed by atoms with Crippen LogP contribution in [0, 0.1) is 18.8 Å². The van der Waals surface area contributed by atoms with Gasteiger partial charge in [-0.25, -0.2) is 4.98 Å². The number of nitrogens with zero attached hydrogens (tertiary/aromatic N) is 5. The maximum atomic E-state index is 6.58. The minimum absolute atomic E-state index is 0. The van der Waals surface area contributed by atoms with E-state index in [1.54, 1.807) is 12.4 Å². The Kier molecular flexibility index (Phi) is 9.03. The van der Waals surface area contributed by atoms with Crippen LogP contribution in [-0.2, 0) is 20.4 Å². The van der Waals surface area contributed by atoms with Gasteiger partial charge in [0.1, 0.15) is 5.82 Å². The molecule has 11 rings (SSSR count). The molecule has 0 N–H and O–H groups in total. The van der Waals surface area contributed by atoms with Crippen molar-refractivity contribution < 1.29 is 25.2 Å². The van der Waals surface area contributed by atoms with Crippen molar-refractivity contribution in [3.8, 4) is 39.6 Å². The van der Waals surface area contributed by atoms with Gasteiger partial charge < -0.3 is 19.1 Å². The van der Waals surface area contributed by atoms with Gasteiger partial charge in [-0.2, -0.15) is 12.1 Å². The van der Waals surface area contributed by atoms with E-state index in [1.807, 2.05) is 48.7 Å². The van der Waals surface area contributed by atoms with Gasteiger partial charge in [-0.15, -0.1) is 48.1 Å². The number of benzene rings is 7. The quantitative estimate of drug-likeness (QED) is 0.118. The van der Waals surface area contributed by atoms with Crippen molar-refractivity contribution in [2.45, 2.75) is 0 Å². The molecule has 1 aliphatic rings. The van der Waals surface area contributed by atoms with Gasteiger partial charge in [0.05, 0.1) is 0 Å². The molecule has 0 saturated carbocycles. The number of ether oxygens (including phenoxy) is 1. The summed E-state index contributed by atoms with van der Waals surface area (Å²) in [5.74, 6) is 1.95. The summed E-state index contributed by atoms with van der Waals surface area (Å²) in [7, 11) is 0. The number of anilines is 4. The van der Waals surface area contributed by atoms with E-state index in [1.165, 1.54) is 5.39 Å². The molecule has 0 amide bonds. The largest absolute Gasteiger partial charge is 0.509 e. The molecule has 1 aliphatic heterocycles. The van der Waals surface area contributed by atoms with E-state index >= 15 is 0 Å². The van der Waals surface area contributed by atoms with Crippen LogP contribution in [0.15, 0.2) is 188 Å². The molecule has 280 valence electrons. The second-order valence-corrected chi connectivity index (χ2v) is 13.9. The molecule has 10 aromatic rings. The van der Waals surface area contributed by atoms with Gasteiger partial charge >= 0.3 is 0 Å². The van der Waals surface area contributed by atoms with Crippen molar-refractivity contribution in [2.24, 2.45) is 0 Å². The van der Waals surface area contributed by atoms with Crippen molar-refractivity contribution in [3.05, 3.63) is 207 Å². The fraction of sp³-hybridized carbons (Fsp3) is 0. The van der Waals surface area contributed by atoms with Gasteiger partial charge in [0.25, 0.3) is 0 Å². The Bertz CT molecular complexity index is 3040. The predicted molar refractivity (Wildman–Crippen MR) is 230 cm³/mol. The number of rotatable bonds is 7. The summed E-state index contributed by atoms with van der Waals surface area (Å²) in [4.78, 5) is 13.6. The zero-order chi connectivity index (χ0) is 37.7. The Balaban J connectivity index is 0.00000408. The first-order valence-electron chi connectivity index (χ1n) is 18.9. The second kappa shape index (κ2) is 14.8. The fourth-order valence-electron chi connectivity index (χ4n) is 8.10. The predicted octanol–water partition coefficient (Wildman–Crippen LogP) is 12.9. The van der Waals surface area contributed by atoms with E-state index in [9.17, 15) is 0 Å². The van der Waals surface area contributed by atoms with E-state index in [2.05, 4.69) is 171 Å². The molecular formula is C51H32N5OPd-3. The van der Waals surface area contributed by atoms with Crippen LogP contribution < -0.4 is 14.5 Å². The fourth-order valence-corrected chi connectivity index (χ4v) is 8.10.